The maximum atomic E-state index is 12.6. The van der Waals surface area contributed by atoms with Gasteiger partial charge >= 0.3 is 6.61 Å². The highest BCUT2D eigenvalue weighted by Gasteiger charge is 2.11. The standard InChI is InChI=1S/C18H29F2N3O3.HI/c1-4-6-10-25-11-9-22-18(21-5-2)23-13-14-12-15(24-3)7-8-16(14)26-17(19)20;/h7-8,12,17H,4-6,9-11,13H2,1-3H3,(H2,21,22,23);1H. The summed E-state index contributed by atoms with van der Waals surface area (Å²) >= 11 is 0. The summed E-state index contributed by atoms with van der Waals surface area (Å²) in [4.78, 5) is 4.42. The highest BCUT2D eigenvalue weighted by Crippen LogP contribution is 2.26. The second-order valence-corrected chi connectivity index (χ2v) is 5.44. The SMILES string of the molecule is CCCCOCCNC(=NCc1cc(OC)ccc1OC(F)F)NCC.I. The monoisotopic (exact) mass is 501 g/mol. The molecule has 1 rings (SSSR count). The number of alkyl halides is 2. The lowest BCUT2D eigenvalue weighted by Gasteiger charge is -2.13. The summed E-state index contributed by atoms with van der Waals surface area (Å²) in [6.45, 7) is 3.94. The molecule has 6 nitrogen and oxygen atoms in total. The summed E-state index contributed by atoms with van der Waals surface area (Å²) in [5, 5.41) is 6.26. The Morgan fingerprint density at radius 2 is 1.96 bits per heavy atom. The third-order valence-electron chi connectivity index (χ3n) is 3.42. The second kappa shape index (κ2) is 15.7. The zero-order chi connectivity index (χ0) is 19.2. The molecule has 1 aromatic carbocycles. The van der Waals surface area contributed by atoms with Gasteiger partial charge in [-0.1, -0.05) is 13.3 Å². The number of hydrogen-bond donors (Lipinski definition) is 2. The molecule has 0 fully saturated rings. The van der Waals surface area contributed by atoms with Gasteiger partial charge in [0.05, 0.1) is 20.3 Å². The predicted molar refractivity (Wildman–Crippen MR) is 114 cm³/mol. The van der Waals surface area contributed by atoms with Crippen LogP contribution in [-0.2, 0) is 11.3 Å². The van der Waals surface area contributed by atoms with E-state index in [0.717, 1.165) is 19.4 Å². The van der Waals surface area contributed by atoms with Gasteiger partial charge in [-0.2, -0.15) is 8.78 Å². The van der Waals surface area contributed by atoms with Crippen LogP contribution in [0.5, 0.6) is 11.5 Å². The molecule has 1 aromatic rings. The van der Waals surface area contributed by atoms with E-state index in [4.69, 9.17) is 9.47 Å². The number of ether oxygens (including phenoxy) is 3. The number of nitrogens with one attached hydrogen (secondary N) is 2. The summed E-state index contributed by atoms with van der Waals surface area (Å²) in [5.74, 6) is 1.22. The minimum Gasteiger partial charge on any atom is -0.497 e. The van der Waals surface area contributed by atoms with E-state index in [2.05, 4.69) is 27.3 Å². The van der Waals surface area contributed by atoms with Crippen LogP contribution in [0, 0.1) is 0 Å². The lowest BCUT2D eigenvalue weighted by Crippen LogP contribution is -2.39. The maximum absolute atomic E-state index is 12.6. The first-order valence-corrected chi connectivity index (χ1v) is 8.82. The van der Waals surface area contributed by atoms with Crippen LogP contribution in [0.15, 0.2) is 23.2 Å². The molecule has 9 heteroatoms. The van der Waals surface area contributed by atoms with Crippen LogP contribution in [0.1, 0.15) is 32.3 Å². The molecule has 0 aliphatic carbocycles. The van der Waals surface area contributed by atoms with Gasteiger partial charge in [-0.05, 0) is 31.5 Å². The Bertz CT molecular complexity index is 549. The van der Waals surface area contributed by atoms with Crippen LogP contribution in [0.4, 0.5) is 8.78 Å². The highest BCUT2D eigenvalue weighted by atomic mass is 127. The quantitative estimate of drug-likeness (QED) is 0.198. The first kappa shape index (κ1) is 25.6. The Labute approximate surface area is 177 Å². The molecule has 0 unspecified atom stereocenters. The average molecular weight is 501 g/mol. The van der Waals surface area contributed by atoms with E-state index in [9.17, 15) is 8.78 Å². The first-order valence-electron chi connectivity index (χ1n) is 8.82. The van der Waals surface area contributed by atoms with Crippen molar-refractivity contribution in [1.29, 1.82) is 0 Å². The minimum atomic E-state index is -2.89. The number of aliphatic imine (C=N–C) groups is 1. The average Bonchev–Trinajstić information content (AvgIpc) is 2.63. The maximum Gasteiger partial charge on any atom is 0.387 e. The fourth-order valence-corrected chi connectivity index (χ4v) is 2.11. The molecule has 0 bridgehead atoms. The molecule has 0 amide bonds. The predicted octanol–water partition coefficient (Wildman–Crippen LogP) is 3.79. The van der Waals surface area contributed by atoms with E-state index in [1.54, 1.807) is 12.1 Å². The van der Waals surface area contributed by atoms with Crippen molar-refractivity contribution in [1.82, 2.24) is 10.6 Å². The Morgan fingerprint density at radius 3 is 2.59 bits per heavy atom. The van der Waals surface area contributed by atoms with Crippen molar-refractivity contribution in [2.24, 2.45) is 4.99 Å². The van der Waals surface area contributed by atoms with Gasteiger partial charge < -0.3 is 24.8 Å². The fourth-order valence-electron chi connectivity index (χ4n) is 2.11. The molecule has 27 heavy (non-hydrogen) atoms. The van der Waals surface area contributed by atoms with Crippen LogP contribution < -0.4 is 20.1 Å². The van der Waals surface area contributed by atoms with E-state index < -0.39 is 6.61 Å². The number of unbranched alkanes of at least 4 members (excludes halogenated alkanes) is 1. The van der Waals surface area contributed by atoms with Crippen molar-refractivity contribution in [2.45, 2.75) is 39.8 Å². The molecular formula is C18H30F2IN3O3. The van der Waals surface area contributed by atoms with Crippen molar-refractivity contribution in [3.8, 4) is 11.5 Å². The summed E-state index contributed by atoms with van der Waals surface area (Å²) in [5.41, 5.74) is 0.515. The number of methoxy groups -OCH3 is 1. The van der Waals surface area contributed by atoms with Crippen molar-refractivity contribution in [3.05, 3.63) is 23.8 Å². The Morgan fingerprint density at radius 1 is 1.19 bits per heavy atom. The molecule has 0 heterocycles. The van der Waals surface area contributed by atoms with Gasteiger partial charge in [0.15, 0.2) is 5.96 Å². The second-order valence-electron chi connectivity index (χ2n) is 5.44. The van der Waals surface area contributed by atoms with E-state index in [1.165, 1.54) is 13.2 Å². The van der Waals surface area contributed by atoms with Gasteiger partial charge in [0, 0.05) is 25.3 Å². The van der Waals surface area contributed by atoms with Gasteiger partial charge in [-0.15, -0.1) is 24.0 Å². The molecule has 0 spiro atoms. The van der Waals surface area contributed by atoms with E-state index >= 15 is 0 Å². The number of guanidine groups is 1. The van der Waals surface area contributed by atoms with E-state index in [0.29, 0.717) is 37.0 Å². The van der Waals surface area contributed by atoms with Crippen LogP contribution in [0.25, 0.3) is 0 Å². The highest BCUT2D eigenvalue weighted by molar-refractivity contribution is 14.0. The third-order valence-corrected chi connectivity index (χ3v) is 3.42. The van der Waals surface area contributed by atoms with Crippen LogP contribution in [0.3, 0.4) is 0 Å². The number of rotatable bonds is 12. The van der Waals surface area contributed by atoms with Crippen LogP contribution in [0.2, 0.25) is 0 Å². The van der Waals surface area contributed by atoms with Gasteiger partial charge in [0.2, 0.25) is 0 Å². The molecular weight excluding hydrogens is 471 g/mol. The van der Waals surface area contributed by atoms with Crippen molar-refractivity contribution >= 4 is 29.9 Å². The van der Waals surface area contributed by atoms with Gasteiger partial charge in [-0.25, -0.2) is 4.99 Å². The molecule has 0 atom stereocenters. The van der Waals surface area contributed by atoms with Gasteiger partial charge in [0.1, 0.15) is 11.5 Å². The minimum absolute atomic E-state index is 0. The van der Waals surface area contributed by atoms with Crippen molar-refractivity contribution < 1.29 is 23.0 Å². The fraction of sp³-hybridized carbons (Fsp3) is 0.611. The first-order chi connectivity index (χ1) is 12.6. The smallest absolute Gasteiger partial charge is 0.387 e. The third kappa shape index (κ3) is 11.2. The lowest BCUT2D eigenvalue weighted by molar-refractivity contribution is -0.0504. The Hall–Kier alpha value is -1.36. The van der Waals surface area contributed by atoms with Gasteiger partial charge in [0.25, 0.3) is 0 Å². The number of nitrogens with zero attached hydrogens (tertiary/aromatic N) is 1. The number of halogens is 3. The lowest BCUT2D eigenvalue weighted by atomic mass is 10.2. The zero-order valence-corrected chi connectivity index (χ0v) is 18.4. The number of benzene rings is 1. The molecule has 2 N–H and O–H groups in total. The largest absolute Gasteiger partial charge is 0.497 e. The van der Waals surface area contributed by atoms with E-state index in [-0.39, 0.29) is 36.3 Å². The van der Waals surface area contributed by atoms with E-state index in [1.807, 2.05) is 6.92 Å². The summed E-state index contributed by atoms with van der Waals surface area (Å²) in [7, 11) is 1.51. The van der Waals surface area contributed by atoms with Gasteiger partial charge in [-0.3, -0.25) is 0 Å². The van der Waals surface area contributed by atoms with Crippen LogP contribution >= 0.6 is 24.0 Å². The summed E-state index contributed by atoms with van der Waals surface area (Å²) in [6, 6.07) is 4.67. The zero-order valence-electron chi connectivity index (χ0n) is 16.1. The molecule has 0 aromatic heterocycles. The van der Waals surface area contributed by atoms with Crippen molar-refractivity contribution in [2.75, 3.05) is 33.4 Å². The summed E-state index contributed by atoms with van der Waals surface area (Å²) in [6.07, 6.45) is 2.14. The molecule has 0 saturated carbocycles. The molecule has 0 aliphatic rings. The molecule has 0 radical (unpaired) electrons. The topological polar surface area (TPSA) is 64.1 Å². The van der Waals surface area contributed by atoms with Crippen molar-refractivity contribution in [3.63, 3.8) is 0 Å². The molecule has 156 valence electrons. The Kier molecular flexibility index (Phi) is 14.9. The Balaban J connectivity index is 0.00000676. The summed E-state index contributed by atoms with van der Waals surface area (Å²) < 4.78 is 40.3. The molecule has 0 saturated heterocycles. The number of hydrogen-bond acceptors (Lipinski definition) is 4. The van der Waals surface area contributed by atoms with Crippen LogP contribution in [-0.4, -0.2) is 46.0 Å². The molecule has 0 aliphatic heterocycles. The normalized spacial score (nSPS) is 11.1.